The molecule has 0 aliphatic heterocycles. The van der Waals surface area contributed by atoms with Gasteiger partial charge in [0.15, 0.2) is 0 Å². The molecule has 2 bridgehead atoms. The van der Waals surface area contributed by atoms with Crippen LogP contribution in [0, 0.1) is 17.8 Å². The molecule has 2 amide bonds. The number of likely N-dealkylation sites (N-methyl/N-ethyl adjacent to an activating group) is 1. The molecule has 4 atom stereocenters. The van der Waals surface area contributed by atoms with Crippen LogP contribution in [0.1, 0.15) is 39.5 Å². The van der Waals surface area contributed by atoms with Crippen LogP contribution in [0.3, 0.4) is 0 Å². The van der Waals surface area contributed by atoms with Gasteiger partial charge in [-0.25, -0.2) is 8.42 Å². The van der Waals surface area contributed by atoms with E-state index in [9.17, 15) is 18.0 Å². The van der Waals surface area contributed by atoms with Gasteiger partial charge in [0.25, 0.3) is 0 Å². The number of anilines is 1. The molecule has 4 unspecified atom stereocenters. The molecule has 3 rings (SSSR count). The van der Waals surface area contributed by atoms with E-state index in [-0.39, 0.29) is 29.3 Å². The Morgan fingerprint density at radius 3 is 2.39 bits per heavy atom. The van der Waals surface area contributed by atoms with Crippen molar-refractivity contribution in [2.75, 3.05) is 18.9 Å². The summed E-state index contributed by atoms with van der Waals surface area (Å²) in [6.45, 7) is 3.19. The standard InChI is InChI=1S/C20H29N3O4S/c1-13(19-11-15-4-5-16(19)10-15)21-20(25)12-23(3)28(26,27)18-8-6-17(7-9-18)22-14(2)24/h6-9,13,15-16,19H,4-5,10-12H2,1-3H3,(H,21,25)(H,22,24). The molecule has 2 fully saturated rings. The lowest BCUT2D eigenvalue weighted by atomic mass is 9.84. The minimum atomic E-state index is -3.78. The Morgan fingerprint density at radius 2 is 1.86 bits per heavy atom. The van der Waals surface area contributed by atoms with Crippen LogP contribution in [0.5, 0.6) is 0 Å². The second-order valence-electron chi connectivity index (χ2n) is 8.16. The van der Waals surface area contributed by atoms with Gasteiger partial charge >= 0.3 is 0 Å². The number of nitrogens with one attached hydrogen (secondary N) is 2. The van der Waals surface area contributed by atoms with Gasteiger partial charge in [-0.1, -0.05) is 6.42 Å². The number of hydrogen-bond acceptors (Lipinski definition) is 4. The van der Waals surface area contributed by atoms with Gasteiger partial charge < -0.3 is 10.6 Å². The predicted molar refractivity (Wildman–Crippen MR) is 107 cm³/mol. The third-order valence-corrected chi connectivity index (χ3v) is 7.89. The van der Waals surface area contributed by atoms with E-state index >= 15 is 0 Å². The lowest BCUT2D eigenvalue weighted by molar-refractivity contribution is -0.122. The summed E-state index contributed by atoms with van der Waals surface area (Å²) >= 11 is 0. The number of hydrogen-bond donors (Lipinski definition) is 2. The molecule has 0 aromatic heterocycles. The normalized spacial score (nSPS) is 24.9. The van der Waals surface area contributed by atoms with E-state index in [1.165, 1.54) is 63.9 Å². The lowest BCUT2D eigenvalue weighted by Gasteiger charge is -2.29. The lowest BCUT2D eigenvalue weighted by Crippen LogP contribution is -2.45. The van der Waals surface area contributed by atoms with Crippen LogP contribution < -0.4 is 10.6 Å². The van der Waals surface area contributed by atoms with Gasteiger partial charge in [0.1, 0.15) is 0 Å². The van der Waals surface area contributed by atoms with Gasteiger partial charge in [0.2, 0.25) is 21.8 Å². The zero-order chi connectivity index (χ0) is 20.5. The van der Waals surface area contributed by atoms with Gasteiger partial charge in [0.05, 0.1) is 11.4 Å². The number of fused-ring (bicyclic) bond motifs is 2. The van der Waals surface area contributed by atoms with E-state index < -0.39 is 10.0 Å². The zero-order valence-electron chi connectivity index (χ0n) is 16.6. The Labute approximate surface area is 166 Å². The summed E-state index contributed by atoms with van der Waals surface area (Å²) in [5.41, 5.74) is 0.520. The van der Waals surface area contributed by atoms with Gasteiger partial charge in [-0.05, 0) is 68.2 Å². The molecule has 154 valence electrons. The summed E-state index contributed by atoms with van der Waals surface area (Å²) in [4.78, 5) is 23.6. The fraction of sp³-hybridized carbons (Fsp3) is 0.600. The molecule has 0 saturated heterocycles. The van der Waals surface area contributed by atoms with Crippen LogP contribution in [-0.4, -0.2) is 44.2 Å². The molecule has 1 aromatic rings. The van der Waals surface area contributed by atoms with Crippen molar-refractivity contribution in [1.29, 1.82) is 0 Å². The summed E-state index contributed by atoms with van der Waals surface area (Å²) < 4.78 is 26.5. The predicted octanol–water partition coefficient (Wildman–Crippen LogP) is 2.21. The summed E-state index contributed by atoms with van der Waals surface area (Å²) in [5, 5.41) is 5.59. The molecule has 2 saturated carbocycles. The maximum absolute atomic E-state index is 12.7. The monoisotopic (exact) mass is 407 g/mol. The van der Waals surface area contributed by atoms with Crippen LogP contribution in [0.4, 0.5) is 5.69 Å². The largest absolute Gasteiger partial charge is 0.352 e. The van der Waals surface area contributed by atoms with Gasteiger partial charge in [-0.15, -0.1) is 0 Å². The van der Waals surface area contributed by atoms with Crippen molar-refractivity contribution in [3.8, 4) is 0 Å². The fourth-order valence-electron chi connectivity index (χ4n) is 4.69. The van der Waals surface area contributed by atoms with E-state index in [0.29, 0.717) is 17.5 Å². The first-order chi connectivity index (χ1) is 13.2. The summed E-state index contributed by atoms with van der Waals surface area (Å²) in [5.74, 6) is 1.50. The summed E-state index contributed by atoms with van der Waals surface area (Å²) in [6, 6.07) is 5.97. The van der Waals surface area contributed by atoms with Crippen molar-refractivity contribution >= 4 is 27.5 Å². The van der Waals surface area contributed by atoms with E-state index in [0.717, 1.165) is 10.2 Å². The Kier molecular flexibility index (Phi) is 6.09. The topological polar surface area (TPSA) is 95.6 Å². The maximum atomic E-state index is 12.7. The molecule has 0 heterocycles. The van der Waals surface area contributed by atoms with Gasteiger partial charge in [0, 0.05) is 25.7 Å². The van der Waals surface area contributed by atoms with Crippen molar-refractivity contribution < 1.29 is 18.0 Å². The first kappa shape index (κ1) is 20.8. The average Bonchev–Trinajstić information content (AvgIpc) is 3.24. The number of amides is 2. The van der Waals surface area contributed by atoms with Crippen LogP contribution in [0.2, 0.25) is 0 Å². The minimum absolute atomic E-state index is 0.0656. The zero-order valence-corrected chi connectivity index (χ0v) is 17.5. The van der Waals surface area contributed by atoms with E-state index in [1.54, 1.807) is 0 Å². The van der Waals surface area contributed by atoms with Crippen molar-refractivity contribution in [3.05, 3.63) is 24.3 Å². The molecule has 2 aliphatic carbocycles. The molecule has 28 heavy (non-hydrogen) atoms. The van der Waals surface area contributed by atoms with Crippen LogP contribution in [0.15, 0.2) is 29.2 Å². The first-order valence-electron chi connectivity index (χ1n) is 9.80. The van der Waals surface area contributed by atoms with E-state index in [4.69, 9.17) is 0 Å². The fourth-order valence-corrected chi connectivity index (χ4v) is 5.82. The highest BCUT2D eigenvalue weighted by Crippen LogP contribution is 2.49. The Bertz CT molecular complexity index is 838. The second kappa shape index (κ2) is 8.21. The SMILES string of the molecule is CC(=O)Nc1ccc(S(=O)(=O)N(C)CC(=O)NC(C)C2CC3CCC2C3)cc1. The molecule has 7 nitrogen and oxygen atoms in total. The van der Waals surface area contributed by atoms with Gasteiger partial charge in [-0.2, -0.15) is 4.31 Å². The Hall–Kier alpha value is -1.93. The first-order valence-corrected chi connectivity index (χ1v) is 11.2. The summed E-state index contributed by atoms with van der Waals surface area (Å²) in [6.07, 6.45) is 5.00. The average molecular weight is 408 g/mol. The third-order valence-electron chi connectivity index (χ3n) is 6.07. The van der Waals surface area contributed by atoms with Crippen LogP contribution >= 0.6 is 0 Å². The van der Waals surface area contributed by atoms with Gasteiger partial charge in [-0.3, -0.25) is 9.59 Å². The smallest absolute Gasteiger partial charge is 0.243 e. The van der Waals surface area contributed by atoms with Crippen LogP contribution in [-0.2, 0) is 19.6 Å². The molecule has 0 spiro atoms. The second-order valence-corrected chi connectivity index (χ2v) is 10.2. The van der Waals surface area contributed by atoms with Crippen LogP contribution in [0.25, 0.3) is 0 Å². The number of benzene rings is 1. The van der Waals surface area contributed by atoms with E-state index in [1.807, 2.05) is 6.92 Å². The quantitative estimate of drug-likeness (QED) is 0.724. The van der Waals surface area contributed by atoms with Crippen molar-refractivity contribution in [3.63, 3.8) is 0 Å². The number of nitrogens with zero attached hydrogens (tertiary/aromatic N) is 1. The molecule has 1 aromatic carbocycles. The molecule has 2 N–H and O–H groups in total. The number of sulfonamides is 1. The number of rotatable bonds is 7. The number of carbonyl (C=O) groups excluding carboxylic acids is 2. The van der Waals surface area contributed by atoms with E-state index in [2.05, 4.69) is 10.6 Å². The molecular formula is C20H29N3O4S. The number of carbonyl (C=O) groups is 2. The molecular weight excluding hydrogens is 378 g/mol. The highest BCUT2D eigenvalue weighted by atomic mass is 32.2. The summed E-state index contributed by atoms with van der Waals surface area (Å²) in [7, 11) is -2.38. The molecule has 0 radical (unpaired) electrons. The third kappa shape index (κ3) is 4.55. The highest BCUT2D eigenvalue weighted by molar-refractivity contribution is 7.89. The molecule has 2 aliphatic rings. The maximum Gasteiger partial charge on any atom is 0.243 e. The van der Waals surface area contributed by atoms with Crippen molar-refractivity contribution in [2.45, 2.75) is 50.5 Å². The highest BCUT2D eigenvalue weighted by Gasteiger charge is 2.42. The minimum Gasteiger partial charge on any atom is -0.352 e. The van der Waals surface area contributed by atoms with Crippen molar-refractivity contribution in [2.24, 2.45) is 17.8 Å². The Balaban J connectivity index is 1.57. The van der Waals surface area contributed by atoms with Crippen molar-refractivity contribution in [1.82, 2.24) is 9.62 Å². The Morgan fingerprint density at radius 1 is 1.18 bits per heavy atom. The molecule has 8 heteroatoms.